The molecule has 0 unspecified atom stereocenters. The number of hydrogen-bond donors (Lipinski definition) is 0. The number of nitrogens with zero attached hydrogens (tertiary/aromatic N) is 1. The van der Waals surface area contributed by atoms with E-state index in [2.05, 4.69) is 0 Å². The topological polar surface area (TPSA) is 37.4 Å². The summed E-state index contributed by atoms with van der Waals surface area (Å²) in [5.41, 5.74) is 0.624. The molecule has 0 fully saturated rings. The first-order valence-electron chi connectivity index (χ1n) is 5.38. The summed E-state index contributed by atoms with van der Waals surface area (Å²) < 4.78 is 0. The molecule has 0 N–H and O–H groups in total. The zero-order chi connectivity index (χ0) is 12.0. The molecule has 0 spiro atoms. The summed E-state index contributed by atoms with van der Waals surface area (Å²) in [6.45, 7) is 4.00. The molecule has 0 bridgehead atoms. The van der Waals surface area contributed by atoms with Crippen LogP contribution in [-0.2, 0) is 9.59 Å². The molecule has 84 valence electrons. The van der Waals surface area contributed by atoms with Crippen molar-refractivity contribution in [2.24, 2.45) is 0 Å². The Morgan fingerprint density at radius 3 is 2.25 bits per heavy atom. The van der Waals surface area contributed by atoms with Crippen LogP contribution < -0.4 is 0 Å². The third kappa shape index (κ3) is 2.57. The predicted molar refractivity (Wildman–Crippen MR) is 63.3 cm³/mol. The van der Waals surface area contributed by atoms with E-state index in [4.69, 9.17) is 0 Å². The van der Waals surface area contributed by atoms with Crippen LogP contribution in [0, 0.1) is 0 Å². The van der Waals surface area contributed by atoms with E-state index >= 15 is 0 Å². The monoisotopic (exact) mass is 217 g/mol. The van der Waals surface area contributed by atoms with E-state index < -0.39 is 0 Å². The van der Waals surface area contributed by atoms with Gasteiger partial charge in [-0.25, -0.2) is 4.90 Å². The van der Waals surface area contributed by atoms with Crippen LogP contribution >= 0.6 is 0 Å². The van der Waals surface area contributed by atoms with Crippen molar-refractivity contribution in [3.05, 3.63) is 48.2 Å². The molecule has 0 saturated carbocycles. The van der Waals surface area contributed by atoms with Crippen molar-refractivity contribution in [1.29, 1.82) is 0 Å². The summed E-state index contributed by atoms with van der Waals surface area (Å²) in [6.07, 6.45) is 12.6. The van der Waals surface area contributed by atoms with E-state index in [-0.39, 0.29) is 11.8 Å². The Hall–Kier alpha value is -1.90. The highest BCUT2D eigenvalue weighted by molar-refractivity contribution is 6.14. The smallest absolute Gasteiger partial charge is 0.258 e. The molecular weight excluding hydrogens is 202 g/mol. The average molecular weight is 217 g/mol. The summed E-state index contributed by atoms with van der Waals surface area (Å²) in [5.74, 6) is -0.553. The molecule has 1 heterocycles. The van der Waals surface area contributed by atoms with Gasteiger partial charge in [0.05, 0.1) is 5.70 Å². The number of amides is 2. The highest BCUT2D eigenvalue weighted by Gasteiger charge is 2.25. The van der Waals surface area contributed by atoms with Gasteiger partial charge in [0.25, 0.3) is 11.8 Å². The first-order chi connectivity index (χ1) is 7.79. The van der Waals surface area contributed by atoms with Gasteiger partial charge >= 0.3 is 0 Å². The van der Waals surface area contributed by atoms with Crippen molar-refractivity contribution in [2.75, 3.05) is 0 Å². The zero-order valence-corrected chi connectivity index (χ0v) is 9.51. The largest absolute Gasteiger partial charge is 0.269 e. The summed E-state index contributed by atoms with van der Waals surface area (Å²) >= 11 is 0. The van der Waals surface area contributed by atoms with Gasteiger partial charge in [-0.3, -0.25) is 9.59 Å². The van der Waals surface area contributed by atoms with Crippen molar-refractivity contribution in [3.63, 3.8) is 0 Å². The van der Waals surface area contributed by atoms with Crippen molar-refractivity contribution in [1.82, 2.24) is 4.90 Å². The molecule has 1 aliphatic heterocycles. The van der Waals surface area contributed by atoms with Crippen LogP contribution in [0.4, 0.5) is 0 Å². The SMILES string of the molecule is CC.O=C1C=CC(=O)N1C1=CC=CCC=C1. The summed E-state index contributed by atoms with van der Waals surface area (Å²) in [7, 11) is 0. The van der Waals surface area contributed by atoms with E-state index in [9.17, 15) is 9.59 Å². The molecule has 0 radical (unpaired) electrons. The molecular formula is C13H15NO2. The quantitative estimate of drug-likeness (QED) is 0.632. The lowest BCUT2D eigenvalue weighted by atomic mass is 10.3. The molecule has 2 amide bonds. The van der Waals surface area contributed by atoms with Gasteiger partial charge in [-0.1, -0.05) is 32.1 Å². The van der Waals surface area contributed by atoms with Gasteiger partial charge in [0.15, 0.2) is 0 Å². The van der Waals surface area contributed by atoms with Gasteiger partial charge < -0.3 is 0 Å². The third-order valence-corrected chi connectivity index (χ3v) is 2.03. The van der Waals surface area contributed by atoms with Crippen LogP contribution in [-0.4, -0.2) is 16.7 Å². The van der Waals surface area contributed by atoms with Gasteiger partial charge in [0.2, 0.25) is 0 Å². The highest BCUT2D eigenvalue weighted by Crippen LogP contribution is 2.15. The van der Waals surface area contributed by atoms with Crippen LogP contribution in [0.25, 0.3) is 0 Å². The van der Waals surface area contributed by atoms with E-state index in [1.165, 1.54) is 12.2 Å². The minimum atomic E-state index is -0.277. The van der Waals surface area contributed by atoms with Crippen LogP contribution in [0.2, 0.25) is 0 Å². The van der Waals surface area contributed by atoms with E-state index in [1.54, 1.807) is 12.2 Å². The third-order valence-electron chi connectivity index (χ3n) is 2.03. The van der Waals surface area contributed by atoms with E-state index in [1.807, 2.05) is 32.1 Å². The van der Waals surface area contributed by atoms with Crippen molar-refractivity contribution < 1.29 is 9.59 Å². The number of allylic oxidation sites excluding steroid dienone is 5. The molecule has 0 saturated heterocycles. The van der Waals surface area contributed by atoms with Crippen molar-refractivity contribution >= 4 is 11.8 Å². The standard InChI is InChI=1S/C11H9NO2.C2H6/c13-10-7-8-11(14)12(10)9-5-3-1-2-4-6-9;1-2/h1,3-8H,2H2;1-2H3. The molecule has 16 heavy (non-hydrogen) atoms. The second-order valence-electron chi connectivity index (χ2n) is 3.00. The molecule has 1 aliphatic carbocycles. The fraction of sp³-hybridized carbons (Fsp3) is 0.231. The Labute approximate surface area is 95.4 Å². The lowest BCUT2D eigenvalue weighted by Gasteiger charge is -2.13. The lowest BCUT2D eigenvalue weighted by Crippen LogP contribution is -2.28. The summed E-state index contributed by atoms with van der Waals surface area (Å²) in [5, 5.41) is 0. The van der Waals surface area contributed by atoms with Gasteiger partial charge in [-0.15, -0.1) is 0 Å². The second-order valence-corrected chi connectivity index (χ2v) is 3.00. The summed E-state index contributed by atoms with van der Waals surface area (Å²) in [4.78, 5) is 23.8. The van der Waals surface area contributed by atoms with E-state index in [0.29, 0.717) is 5.70 Å². The highest BCUT2D eigenvalue weighted by atomic mass is 16.2. The maximum atomic E-state index is 11.3. The molecule has 0 aromatic carbocycles. The first kappa shape index (κ1) is 12.2. The van der Waals surface area contributed by atoms with Crippen molar-refractivity contribution in [2.45, 2.75) is 20.3 Å². The molecule has 0 aromatic heterocycles. The maximum absolute atomic E-state index is 11.3. The Morgan fingerprint density at radius 1 is 1.00 bits per heavy atom. The molecule has 2 aliphatic rings. The Bertz CT molecular complexity index is 382. The normalized spacial score (nSPS) is 18.1. The molecule has 2 rings (SSSR count). The fourth-order valence-corrected chi connectivity index (χ4v) is 1.37. The van der Waals surface area contributed by atoms with Gasteiger partial charge in [0.1, 0.15) is 0 Å². The maximum Gasteiger partial charge on any atom is 0.258 e. The predicted octanol–water partition coefficient (Wildman–Crippen LogP) is 2.34. The molecule has 0 aromatic rings. The number of carbonyl (C=O) groups is 2. The van der Waals surface area contributed by atoms with Crippen LogP contribution in [0.5, 0.6) is 0 Å². The zero-order valence-electron chi connectivity index (χ0n) is 9.51. The average Bonchev–Trinajstić information content (AvgIpc) is 2.54. The van der Waals surface area contributed by atoms with Crippen LogP contribution in [0.3, 0.4) is 0 Å². The minimum absolute atomic E-state index is 0.277. The van der Waals surface area contributed by atoms with Crippen LogP contribution in [0.1, 0.15) is 20.3 Å². The second kappa shape index (κ2) is 5.85. The number of imide groups is 1. The number of hydrogen-bond acceptors (Lipinski definition) is 2. The van der Waals surface area contributed by atoms with Gasteiger partial charge in [-0.2, -0.15) is 0 Å². The molecule has 3 nitrogen and oxygen atoms in total. The molecule has 3 heteroatoms. The van der Waals surface area contributed by atoms with Gasteiger partial charge in [-0.05, 0) is 18.6 Å². The first-order valence-corrected chi connectivity index (χ1v) is 5.38. The Balaban J connectivity index is 0.000000606. The fourth-order valence-electron chi connectivity index (χ4n) is 1.37. The van der Waals surface area contributed by atoms with Crippen molar-refractivity contribution in [3.8, 4) is 0 Å². The molecule has 0 atom stereocenters. The number of rotatable bonds is 1. The van der Waals surface area contributed by atoms with E-state index in [0.717, 1.165) is 11.3 Å². The lowest BCUT2D eigenvalue weighted by molar-refractivity contribution is -0.134. The van der Waals surface area contributed by atoms with Crippen LogP contribution in [0.15, 0.2) is 48.2 Å². The summed E-state index contributed by atoms with van der Waals surface area (Å²) in [6, 6.07) is 0. The Morgan fingerprint density at radius 2 is 1.62 bits per heavy atom. The van der Waals surface area contributed by atoms with Gasteiger partial charge in [0, 0.05) is 12.2 Å². The Kier molecular flexibility index (Phi) is 4.45. The number of carbonyl (C=O) groups excluding carboxylic acids is 2. The minimum Gasteiger partial charge on any atom is -0.269 e.